The molecular weight excluding hydrogens is 280 g/mol. The van der Waals surface area contributed by atoms with Gasteiger partial charge in [-0.15, -0.1) is 12.4 Å². The van der Waals surface area contributed by atoms with E-state index in [0.29, 0.717) is 6.42 Å². The number of para-hydroxylation sites is 1. The van der Waals surface area contributed by atoms with Crippen LogP contribution in [0.3, 0.4) is 0 Å². The van der Waals surface area contributed by atoms with E-state index in [9.17, 15) is 9.59 Å². The molecule has 2 heterocycles. The first-order chi connectivity index (χ1) is 9.08. The lowest BCUT2D eigenvalue weighted by Gasteiger charge is -2.29. The molecule has 1 aromatic carbocycles. The van der Waals surface area contributed by atoms with Gasteiger partial charge in [-0.3, -0.25) is 4.79 Å². The highest BCUT2D eigenvalue weighted by Gasteiger charge is 2.43. The number of hydrogen-bond donors (Lipinski definition) is 2. The molecule has 3 atom stereocenters. The lowest BCUT2D eigenvalue weighted by Crippen LogP contribution is -2.44. The lowest BCUT2D eigenvalue weighted by atomic mass is 10.1. The van der Waals surface area contributed by atoms with Crippen LogP contribution < -0.4 is 10.2 Å². The van der Waals surface area contributed by atoms with E-state index >= 15 is 0 Å². The summed E-state index contributed by atoms with van der Waals surface area (Å²) in [6, 6.07) is 7.08. The molecule has 0 radical (unpaired) electrons. The highest BCUT2D eigenvalue weighted by molar-refractivity contribution is 5.94. The first kappa shape index (κ1) is 14.7. The van der Waals surface area contributed by atoms with Crippen molar-refractivity contribution in [1.82, 2.24) is 5.32 Å². The van der Waals surface area contributed by atoms with Crippen molar-refractivity contribution in [3.05, 3.63) is 29.8 Å². The SMILES string of the molecule is C[C@H]1Cc2ccccc2N1[C@H]1C[C@@H](C(=O)O)NC1=O.Cl. The molecule has 2 N–H and O–H groups in total. The number of amides is 1. The third-order valence-electron chi connectivity index (χ3n) is 3.97. The molecule has 2 aliphatic heterocycles. The fourth-order valence-electron chi connectivity index (χ4n) is 3.12. The Bertz CT molecular complexity index is 549. The van der Waals surface area contributed by atoms with E-state index in [4.69, 9.17) is 5.11 Å². The number of carboxylic acids is 1. The topological polar surface area (TPSA) is 69.6 Å². The zero-order chi connectivity index (χ0) is 13.6. The largest absolute Gasteiger partial charge is 0.480 e. The van der Waals surface area contributed by atoms with Crippen LogP contribution in [-0.4, -0.2) is 35.1 Å². The minimum Gasteiger partial charge on any atom is -0.480 e. The molecule has 0 spiro atoms. The average molecular weight is 297 g/mol. The number of carbonyl (C=O) groups is 2. The summed E-state index contributed by atoms with van der Waals surface area (Å²) in [5.74, 6) is -1.15. The summed E-state index contributed by atoms with van der Waals surface area (Å²) >= 11 is 0. The van der Waals surface area contributed by atoms with Crippen LogP contribution in [0.2, 0.25) is 0 Å². The Labute approximate surface area is 123 Å². The number of hydrogen-bond acceptors (Lipinski definition) is 3. The summed E-state index contributed by atoms with van der Waals surface area (Å²) in [7, 11) is 0. The van der Waals surface area contributed by atoms with Gasteiger partial charge in [0.25, 0.3) is 0 Å². The Morgan fingerprint density at radius 2 is 2.10 bits per heavy atom. The molecule has 0 unspecified atom stereocenters. The predicted molar refractivity (Wildman–Crippen MR) is 77.3 cm³/mol. The summed E-state index contributed by atoms with van der Waals surface area (Å²) in [5, 5.41) is 11.6. The number of rotatable bonds is 2. The summed E-state index contributed by atoms with van der Waals surface area (Å²) in [6.07, 6.45) is 1.23. The molecule has 0 aliphatic carbocycles. The zero-order valence-corrected chi connectivity index (χ0v) is 11.9. The van der Waals surface area contributed by atoms with Crippen molar-refractivity contribution < 1.29 is 14.7 Å². The Balaban J connectivity index is 0.00000147. The van der Waals surface area contributed by atoms with Gasteiger partial charge in [-0.2, -0.15) is 0 Å². The maximum Gasteiger partial charge on any atom is 0.326 e. The van der Waals surface area contributed by atoms with Crippen molar-refractivity contribution in [3.8, 4) is 0 Å². The van der Waals surface area contributed by atoms with Crippen molar-refractivity contribution >= 4 is 30.0 Å². The van der Waals surface area contributed by atoms with Crippen molar-refractivity contribution in [3.63, 3.8) is 0 Å². The van der Waals surface area contributed by atoms with Gasteiger partial charge in [0.05, 0.1) is 0 Å². The molecule has 6 heteroatoms. The zero-order valence-electron chi connectivity index (χ0n) is 11.1. The van der Waals surface area contributed by atoms with E-state index in [1.807, 2.05) is 18.2 Å². The van der Waals surface area contributed by atoms with Gasteiger partial charge < -0.3 is 15.3 Å². The van der Waals surface area contributed by atoms with E-state index < -0.39 is 12.0 Å². The van der Waals surface area contributed by atoms with Crippen LogP contribution in [0.4, 0.5) is 5.69 Å². The molecule has 1 fully saturated rings. The van der Waals surface area contributed by atoms with Crippen LogP contribution in [-0.2, 0) is 16.0 Å². The first-order valence-corrected chi connectivity index (χ1v) is 6.47. The molecule has 0 aromatic heterocycles. The number of anilines is 1. The standard InChI is InChI=1S/C14H16N2O3.ClH/c1-8-6-9-4-2-3-5-11(9)16(8)12-7-10(14(18)19)15-13(12)17;/h2-5,8,10,12H,6-7H2,1H3,(H,15,17)(H,18,19);1H/t8-,10-,12-;/m0./s1. The molecule has 1 saturated heterocycles. The van der Waals surface area contributed by atoms with Gasteiger partial charge in [0, 0.05) is 18.2 Å². The average Bonchev–Trinajstić information content (AvgIpc) is 2.88. The fraction of sp³-hybridized carbons (Fsp3) is 0.429. The van der Waals surface area contributed by atoms with Gasteiger partial charge in [0.15, 0.2) is 0 Å². The first-order valence-electron chi connectivity index (χ1n) is 6.47. The molecule has 0 saturated carbocycles. The summed E-state index contributed by atoms with van der Waals surface area (Å²) in [6.45, 7) is 2.07. The molecule has 3 rings (SSSR count). The van der Waals surface area contributed by atoms with Gasteiger partial charge in [-0.05, 0) is 25.0 Å². The summed E-state index contributed by atoms with van der Waals surface area (Å²) < 4.78 is 0. The number of carbonyl (C=O) groups excluding carboxylic acids is 1. The Kier molecular flexibility index (Phi) is 3.90. The molecule has 2 aliphatic rings. The number of nitrogens with zero attached hydrogens (tertiary/aromatic N) is 1. The van der Waals surface area contributed by atoms with E-state index in [2.05, 4.69) is 23.2 Å². The van der Waals surface area contributed by atoms with Gasteiger partial charge in [0.1, 0.15) is 12.1 Å². The van der Waals surface area contributed by atoms with Gasteiger partial charge in [0.2, 0.25) is 5.91 Å². The van der Waals surface area contributed by atoms with Crippen LogP contribution in [0.5, 0.6) is 0 Å². The molecule has 1 amide bonds. The van der Waals surface area contributed by atoms with Crippen LogP contribution in [0.15, 0.2) is 24.3 Å². The number of halogens is 1. The number of aliphatic carboxylic acids is 1. The van der Waals surface area contributed by atoms with E-state index in [0.717, 1.165) is 12.1 Å². The Morgan fingerprint density at radius 3 is 2.75 bits per heavy atom. The molecule has 1 aromatic rings. The van der Waals surface area contributed by atoms with Crippen molar-refractivity contribution in [2.45, 2.75) is 37.9 Å². The van der Waals surface area contributed by atoms with Crippen LogP contribution in [0.25, 0.3) is 0 Å². The molecule has 20 heavy (non-hydrogen) atoms. The summed E-state index contributed by atoms with van der Waals surface area (Å²) in [4.78, 5) is 25.1. The van der Waals surface area contributed by atoms with Crippen LogP contribution in [0, 0.1) is 0 Å². The van der Waals surface area contributed by atoms with Gasteiger partial charge >= 0.3 is 5.97 Å². The third-order valence-corrected chi connectivity index (χ3v) is 3.97. The molecule has 108 valence electrons. The monoisotopic (exact) mass is 296 g/mol. The third kappa shape index (κ3) is 2.22. The number of nitrogens with one attached hydrogen (secondary N) is 1. The quantitative estimate of drug-likeness (QED) is 0.860. The number of benzene rings is 1. The Hall–Kier alpha value is -1.75. The van der Waals surface area contributed by atoms with E-state index in [1.165, 1.54) is 5.56 Å². The van der Waals surface area contributed by atoms with Crippen molar-refractivity contribution in [1.29, 1.82) is 0 Å². The second kappa shape index (κ2) is 5.32. The smallest absolute Gasteiger partial charge is 0.326 e. The van der Waals surface area contributed by atoms with Crippen LogP contribution in [0.1, 0.15) is 18.9 Å². The molecular formula is C14H17ClN2O3. The highest BCUT2D eigenvalue weighted by atomic mass is 35.5. The maximum atomic E-state index is 12.0. The van der Waals surface area contributed by atoms with Gasteiger partial charge in [-0.25, -0.2) is 4.79 Å². The highest BCUT2D eigenvalue weighted by Crippen LogP contribution is 2.35. The predicted octanol–water partition coefficient (Wildman–Crippen LogP) is 1.20. The Morgan fingerprint density at radius 1 is 1.40 bits per heavy atom. The second-order valence-electron chi connectivity index (χ2n) is 5.24. The molecule has 5 nitrogen and oxygen atoms in total. The lowest BCUT2D eigenvalue weighted by molar-refractivity contribution is -0.140. The number of fused-ring (bicyclic) bond motifs is 1. The van der Waals surface area contributed by atoms with E-state index in [1.54, 1.807) is 0 Å². The minimum absolute atomic E-state index is 0. The van der Waals surface area contributed by atoms with Crippen LogP contribution >= 0.6 is 12.4 Å². The normalized spacial score (nSPS) is 27.8. The second-order valence-corrected chi connectivity index (χ2v) is 5.24. The van der Waals surface area contributed by atoms with Crippen molar-refractivity contribution in [2.75, 3.05) is 4.90 Å². The molecule has 0 bridgehead atoms. The van der Waals surface area contributed by atoms with E-state index in [-0.39, 0.29) is 30.4 Å². The number of carboxylic acid groups (broad SMARTS) is 1. The maximum absolute atomic E-state index is 12.0. The van der Waals surface area contributed by atoms with Crippen molar-refractivity contribution in [2.24, 2.45) is 0 Å². The summed E-state index contributed by atoms with van der Waals surface area (Å²) in [5.41, 5.74) is 2.28. The van der Waals surface area contributed by atoms with Gasteiger partial charge in [-0.1, -0.05) is 18.2 Å². The minimum atomic E-state index is -0.962. The fourth-order valence-corrected chi connectivity index (χ4v) is 3.12.